The molecule has 1 heterocycles. The van der Waals surface area contributed by atoms with E-state index in [0.29, 0.717) is 6.79 Å². The molecule has 0 amide bonds. The summed E-state index contributed by atoms with van der Waals surface area (Å²) in [5.41, 5.74) is 3.75. The Morgan fingerprint density at radius 1 is 1.38 bits per heavy atom. The Balaban J connectivity index is 2.20. The lowest BCUT2D eigenvalue weighted by molar-refractivity contribution is 0.174. The van der Waals surface area contributed by atoms with Gasteiger partial charge in [-0.15, -0.1) is 0 Å². The second-order valence-corrected chi connectivity index (χ2v) is 2.57. The quantitative estimate of drug-likeness (QED) is 0.555. The Morgan fingerprint density at radius 3 is 3.08 bits per heavy atom. The second kappa shape index (κ2) is 3.35. The third-order valence-corrected chi connectivity index (χ3v) is 1.70. The minimum Gasteiger partial charge on any atom is -0.454 e. The SMILES string of the molecule is CC=NNc1ccc2c(c1)OCO2. The molecule has 0 aliphatic carbocycles. The molecule has 1 N–H and O–H groups in total. The van der Waals surface area contributed by atoms with E-state index in [4.69, 9.17) is 9.47 Å². The molecule has 68 valence electrons. The maximum atomic E-state index is 5.20. The Labute approximate surface area is 76.2 Å². The predicted molar refractivity (Wildman–Crippen MR) is 50.4 cm³/mol. The van der Waals surface area contributed by atoms with Gasteiger partial charge in [-0.05, 0) is 19.1 Å². The highest BCUT2D eigenvalue weighted by Crippen LogP contribution is 2.34. The molecule has 4 nitrogen and oxygen atoms in total. The molecule has 0 aromatic heterocycles. The zero-order chi connectivity index (χ0) is 9.10. The van der Waals surface area contributed by atoms with Crippen LogP contribution in [-0.4, -0.2) is 13.0 Å². The number of hydrogen-bond acceptors (Lipinski definition) is 4. The molecule has 0 unspecified atom stereocenters. The summed E-state index contributed by atoms with van der Waals surface area (Å²) in [6.07, 6.45) is 1.69. The molecule has 0 saturated heterocycles. The fraction of sp³-hybridized carbons (Fsp3) is 0.222. The van der Waals surface area contributed by atoms with Crippen LogP contribution in [-0.2, 0) is 0 Å². The number of ether oxygens (including phenoxy) is 2. The monoisotopic (exact) mass is 178 g/mol. The van der Waals surface area contributed by atoms with Crippen LogP contribution in [0.3, 0.4) is 0 Å². The maximum absolute atomic E-state index is 5.20. The van der Waals surface area contributed by atoms with Crippen LogP contribution in [0.4, 0.5) is 5.69 Å². The van der Waals surface area contributed by atoms with Gasteiger partial charge in [0.15, 0.2) is 11.5 Å². The summed E-state index contributed by atoms with van der Waals surface area (Å²) < 4.78 is 10.4. The fourth-order valence-electron chi connectivity index (χ4n) is 1.11. The van der Waals surface area contributed by atoms with Gasteiger partial charge < -0.3 is 9.47 Å². The highest BCUT2D eigenvalue weighted by molar-refractivity contribution is 5.59. The van der Waals surface area contributed by atoms with Crippen molar-refractivity contribution in [3.8, 4) is 11.5 Å². The topological polar surface area (TPSA) is 42.9 Å². The number of benzene rings is 1. The first kappa shape index (κ1) is 7.91. The van der Waals surface area contributed by atoms with Gasteiger partial charge in [-0.1, -0.05) is 0 Å². The number of hydrogen-bond donors (Lipinski definition) is 1. The van der Waals surface area contributed by atoms with Gasteiger partial charge in [0.2, 0.25) is 6.79 Å². The molecule has 4 heteroatoms. The van der Waals surface area contributed by atoms with Crippen LogP contribution in [0, 0.1) is 0 Å². The largest absolute Gasteiger partial charge is 0.454 e. The molecule has 1 aromatic rings. The van der Waals surface area contributed by atoms with E-state index in [0.717, 1.165) is 17.2 Å². The molecule has 0 bridgehead atoms. The van der Waals surface area contributed by atoms with Crippen LogP contribution in [0.15, 0.2) is 23.3 Å². The molecule has 1 aliphatic heterocycles. The first-order valence-electron chi connectivity index (χ1n) is 4.03. The lowest BCUT2D eigenvalue weighted by Crippen LogP contribution is -1.93. The van der Waals surface area contributed by atoms with Crippen molar-refractivity contribution >= 4 is 11.9 Å². The lowest BCUT2D eigenvalue weighted by atomic mass is 10.3. The van der Waals surface area contributed by atoms with Gasteiger partial charge in [-0.25, -0.2) is 0 Å². The van der Waals surface area contributed by atoms with Crippen LogP contribution in [0.5, 0.6) is 11.5 Å². The molecular formula is C9H10N2O2. The van der Waals surface area contributed by atoms with E-state index in [2.05, 4.69) is 10.5 Å². The van der Waals surface area contributed by atoms with E-state index >= 15 is 0 Å². The number of rotatable bonds is 2. The van der Waals surface area contributed by atoms with Crippen LogP contribution >= 0.6 is 0 Å². The van der Waals surface area contributed by atoms with E-state index in [-0.39, 0.29) is 0 Å². The third-order valence-electron chi connectivity index (χ3n) is 1.70. The van der Waals surface area contributed by atoms with Crippen molar-refractivity contribution in [1.82, 2.24) is 0 Å². The Kier molecular flexibility index (Phi) is 2.04. The van der Waals surface area contributed by atoms with Crippen molar-refractivity contribution in [2.24, 2.45) is 5.10 Å². The van der Waals surface area contributed by atoms with E-state index in [1.807, 2.05) is 25.1 Å². The third kappa shape index (κ3) is 1.56. The van der Waals surface area contributed by atoms with Gasteiger partial charge in [0.1, 0.15) is 0 Å². The van der Waals surface area contributed by atoms with Crippen molar-refractivity contribution in [2.45, 2.75) is 6.92 Å². The predicted octanol–water partition coefficient (Wildman–Crippen LogP) is 1.83. The highest BCUT2D eigenvalue weighted by Gasteiger charge is 2.12. The van der Waals surface area contributed by atoms with Crippen molar-refractivity contribution < 1.29 is 9.47 Å². The zero-order valence-electron chi connectivity index (χ0n) is 7.28. The number of hydrazone groups is 1. The zero-order valence-corrected chi connectivity index (χ0v) is 7.28. The summed E-state index contributed by atoms with van der Waals surface area (Å²) >= 11 is 0. The summed E-state index contributed by atoms with van der Waals surface area (Å²) in [6.45, 7) is 2.15. The summed E-state index contributed by atoms with van der Waals surface area (Å²) in [4.78, 5) is 0. The highest BCUT2D eigenvalue weighted by atomic mass is 16.7. The van der Waals surface area contributed by atoms with Crippen molar-refractivity contribution in [3.05, 3.63) is 18.2 Å². The number of nitrogens with one attached hydrogen (secondary N) is 1. The smallest absolute Gasteiger partial charge is 0.231 e. The average Bonchev–Trinajstić information content (AvgIpc) is 2.61. The molecule has 0 saturated carbocycles. The Bertz CT molecular complexity index is 336. The molecule has 2 rings (SSSR count). The van der Waals surface area contributed by atoms with Gasteiger partial charge in [-0.3, -0.25) is 5.43 Å². The van der Waals surface area contributed by atoms with Gasteiger partial charge in [-0.2, -0.15) is 5.10 Å². The van der Waals surface area contributed by atoms with Crippen LogP contribution < -0.4 is 14.9 Å². The summed E-state index contributed by atoms with van der Waals surface area (Å²) in [5.74, 6) is 1.54. The van der Waals surface area contributed by atoms with E-state index < -0.39 is 0 Å². The van der Waals surface area contributed by atoms with Gasteiger partial charge in [0, 0.05) is 12.3 Å². The molecule has 1 aromatic carbocycles. The van der Waals surface area contributed by atoms with Gasteiger partial charge in [0.05, 0.1) is 5.69 Å². The average molecular weight is 178 g/mol. The summed E-state index contributed by atoms with van der Waals surface area (Å²) in [7, 11) is 0. The first-order valence-corrected chi connectivity index (χ1v) is 4.03. The van der Waals surface area contributed by atoms with Crippen LogP contribution in [0.25, 0.3) is 0 Å². The van der Waals surface area contributed by atoms with Crippen LogP contribution in [0.2, 0.25) is 0 Å². The van der Waals surface area contributed by atoms with Crippen LogP contribution in [0.1, 0.15) is 6.92 Å². The first-order chi connectivity index (χ1) is 6.40. The number of anilines is 1. The number of nitrogens with zero attached hydrogens (tertiary/aromatic N) is 1. The molecule has 0 spiro atoms. The fourth-order valence-corrected chi connectivity index (χ4v) is 1.11. The maximum Gasteiger partial charge on any atom is 0.231 e. The lowest BCUT2D eigenvalue weighted by Gasteiger charge is -2.00. The van der Waals surface area contributed by atoms with Gasteiger partial charge >= 0.3 is 0 Å². The summed E-state index contributed by atoms with van der Waals surface area (Å²) in [5, 5.41) is 3.90. The van der Waals surface area contributed by atoms with E-state index in [1.54, 1.807) is 6.21 Å². The number of fused-ring (bicyclic) bond motifs is 1. The van der Waals surface area contributed by atoms with Crippen molar-refractivity contribution in [3.63, 3.8) is 0 Å². The molecule has 0 atom stereocenters. The Hall–Kier alpha value is -1.71. The normalized spacial score (nSPS) is 13.6. The Morgan fingerprint density at radius 2 is 2.23 bits per heavy atom. The molecule has 0 fully saturated rings. The molecule has 0 radical (unpaired) electrons. The second-order valence-electron chi connectivity index (χ2n) is 2.57. The van der Waals surface area contributed by atoms with E-state index in [9.17, 15) is 0 Å². The van der Waals surface area contributed by atoms with Crippen molar-refractivity contribution in [2.75, 3.05) is 12.2 Å². The van der Waals surface area contributed by atoms with Crippen molar-refractivity contribution in [1.29, 1.82) is 0 Å². The van der Waals surface area contributed by atoms with Gasteiger partial charge in [0.25, 0.3) is 0 Å². The van der Waals surface area contributed by atoms with E-state index in [1.165, 1.54) is 0 Å². The molecule has 13 heavy (non-hydrogen) atoms. The molecular weight excluding hydrogens is 168 g/mol. The molecule has 1 aliphatic rings. The minimum absolute atomic E-state index is 0.301. The minimum atomic E-state index is 0.301. The standard InChI is InChI=1S/C9H10N2O2/c1-2-10-11-7-3-4-8-9(5-7)13-6-12-8/h2-5,11H,6H2,1H3. The summed E-state index contributed by atoms with van der Waals surface area (Å²) in [6, 6.07) is 5.60.